The van der Waals surface area contributed by atoms with Crippen LogP contribution in [0.25, 0.3) is 5.84 Å². The first-order valence-corrected chi connectivity index (χ1v) is 5.07. The van der Waals surface area contributed by atoms with Gasteiger partial charge in [0, 0.05) is 13.0 Å². The molecule has 0 radical (unpaired) electrons. The lowest BCUT2D eigenvalue weighted by molar-refractivity contribution is 0.111. The Balaban J connectivity index is 2.41. The van der Waals surface area contributed by atoms with E-state index in [2.05, 4.69) is 10.1 Å². The van der Waals surface area contributed by atoms with Crippen molar-refractivity contribution in [2.24, 2.45) is 0 Å². The molecule has 0 fully saturated rings. The van der Waals surface area contributed by atoms with Gasteiger partial charge in [0.1, 0.15) is 5.69 Å². The monoisotopic (exact) mass is 222 g/mol. The summed E-state index contributed by atoms with van der Waals surface area (Å²) in [5.74, 6) is 1.11. The van der Waals surface area contributed by atoms with Crippen LogP contribution in [0.3, 0.4) is 0 Å². The molecule has 16 heavy (non-hydrogen) atoms. The highest BCUT2D eigenvalue weighted by atomic mass is 16.5. The van der Waals surface area contributed by atoms with Crippen LogP contribution in [0.1, 0.15) is 22.0 Å². The minimum atomic E-state index is 0.383. The summed E-state index contributed by atoms with van der Waals surface area (Å²) in [6.07, 6.45) is 1.50. The Bertz CT molecular complexity index is 512. The molecule has 0 amide bonds. The lowest BCUT2D eigenvalue weighted by Crippen LogP contribution is -2.16. The fraction of sp³-hybridized carbons (Fsp3) is 0.500. The molecule has 6 heteroatoms. The normalized spacial score (nSPS) is 11.5. The third-order valence-corrected chi connectivity index (χ3v) is 2.45. The molecular formula is C10H14N4O2. The van der Waals surface area contributed by atoms with Gasteiger partial charge in [-0.05, 0) is 21.0 Å². The van der Waals surface area contributed by atoms with Gasteiger partial charge in [0.15, 0.2) is 12.1 Å². The molecule has 2 aromatic heterocycles. The molecule has 86 valence electrons. The smallest absolute Gasteiger partial charge is 0.315 e. The van der Waals surface area contributed by atoms with E-state index in [1.165, 1.54) is 0 Å². The zero-order chi connectivity index (χ0) is 11.7. The summed E-state index contributed by atoms with van der Waals surface area (Å²) in [7, 11) is 3.97. The van der Waals surface area contributed by atoms with Crippen molar-refractivity contribution in [3.05, 3.63) is 17.2 Å². The average Bonchev–Trinajstić information content (AvgIpc) is 2.73. The molecule has 2 heterocycles. The molecule has 6 nitrogen and oxygen atoms in total. The first-order valence-electron chi connectivity index (χ1n) is 5.07. The van der Waals surface area contributed by atoms with Crippen molar-refractivity contribution < 1.29 is 9.32 Å². The fourth-order valence-electron chi connectivity index (χ4n) is 1.58. The number of imidazole rings is 1. The van der Waals surface area contributed by atoms with Crippen molar-refractivity contribution in [1.29, 1.82) is 0 Å². The second kappa shape index (κ2) is 4.05. The van der Waals surface area contributed by atoms with Crippen molar-refractivity contribution >= 4 is 12.1 Å². The maximum atomic E-state index is 11.0. The average molecular weight is 222 g/mol. The SMILES string of the molecule is Cc1nc2onc(CCN(C)C)n2c1C=O. The second-order valence-corrected chi connectivity index (χ2v) is 3.97. The molecule has 0 aromatic carbocycles. The quantitative estimate of drug-likeness (QED) is 0.707. The molecule has 0 N–H and O–H groups in total. The summed E-state index contributed by atoms with van der Waals surface area (Å²) in [6, 6.07) is 0. The Labute approximate surface area is 92.8 Å². The number of hydrogen-bond acceptors (Lipinski definition) is 5. The van der Waals surface area contributed by atoms with Crippen LogP contribution < -0.4 is 0 Å². The van der Waals surface area contributed by atoms with Gasteiger partial charge < -0.3 is 9.42 Å². The number of carbonyl (C=O) groups excluding carboxylic acids is 1. The van der Waals surface area contributed by atoms with E-state index in [0.29, 0.717) is 17.2 Å². The van der Waals surface area contributed by atoms with E-state index in [-0.39, 0.29) is 0 Å². The third-order valence-electron chi connectivity index (χ3n) is 2.45. The Hall–Kier alpha value is -1.69. The van der Waals surface area contributed by atoms with Gasteiger partial charge in [-0.1, -0.05) is 5.16 Å². The largest absolute Gasteiger partial charge is 0.332 e. The summed E-state index contributed by atoms with van der Waals surface area (Å²) < 4.78 is 6.74. The molecule has 0 aliphatic rings. The third kappa shape index (κ3) is 1.71. The number of nitrogens with zero attached hydrogens (tertiary/aromatic N) is 4. The summed E-state index contributed by atoms with van der Waals surface area (Å²) in [4.78, 5) is 17.1. The first-order chi connectivity index (χ1) is 7.63. The first kappa shape index (κ1) is 10.8. The highest BCUT2D eigenvalue weighted by Gasteiger charge is 2.16. The molecule has 0 saturated heterocycles. The maximum Gasteiger partial charge on any atom is 0.332 e. The molecule has 0 atom stereocenters. The lowest BCUT2D eigenvalue weighted by Gasteiger charge is -2.06. The number of hydrogen-bond donors (Lipinski definition) is 0. The van der Waals surface area contributed by atoms with Crippen molar-refractivity contribution in [2.75, 3.05) is 20.6 Å². The van der Waals surface area contributed by atoms with E-state index >= 15 is 0 Å². The fourth-order valence-corrected chi connectivity index (χ4v) is 1.58. The van der Waals surface area contributed by atoms with Crippen molar-refractivity contribution in [1.82, 2.24) is 19.4 Å². The van der Waals surface area contributed by atoms with E-state index in [1.807, 2.05) is 19.0 Å². The number of aldehydes is 1. The van der Waals surface area contributed by atoms with E-state index in [9.17, 15) is 4.79 Å². The van der Waals surface area contributed by atoms with E-state index in [4.69, 9.17) is 4.52 Å². The Kier molecular flexibility index (Phi) is 2.74. The Morgan fingerprint density at radius 2 is 2.25 bits per heavy atom. The molecule has 2 aromatic rings. The molecule has 0 aliphatic heterocycles. The van der Waals surface area contributed by atoms with Gasteiger partial charge in [-0.25, -0.2) is 4.40 Å². The van der Waals surface area contributed by atoms with Gasteiger partial charge in [0.25, 0.3) is 0 Å². The molecule has 0 unspecified atom stereocenters. The van der Waals surface area contributed by atoms with Gasteiger partial charge in [-0.15, -0.1) is 0 Å². The van der Waals surface area contributed by atoms with Crippen LogP contribution in [-0.2, 0) is 6.42 Å². The minimum Gasteiger partial charge on any atom is -0.315 e. The van der Waals surface area contributed by atoms with Gasteiger partial charge in [0.05, 0.1) is 5.69 Å². The molecule has 0 bridgehead atoms. The highest BCUT2D eigenvalue weighted by molar-refractivity contribution is 5.75. The van der Waals surface area contributed by atoms with Gasteiger partial charge in [-0.3, -0.25) is 4.79 Å². The Morgan fingerprint density at radius 3 is 2.88 bits per heavy atom. The number of fused-ring (bicyclic) bond motifs is 1. The Morgan fingerprint density at radius 1 is 1.50 bits per heavy atom. The van der Waals surface area contributed by atoms with Crippen LogP contribution >= 0.6 is 0 Å². The topological polar surface area (TPSA) is 63.6 Å². The van der Waals surface area contributed by atoms with Crippen LogP contribution in [0.2, 0.25) is 0 Å². The van der Waals surface area contributed by atoms with E-state index < -0.39 is 0 Å². The van der Waals surface area contributed by atoms with Crippen LogP contribution in [0.15, 0.2) is 4.52 Å². The molecule has 0 saturated carbocycles. The number of aromatic nitrogens is 3. The number of rotatable bonds is 4. The maximum absolute atomic E-state index is 11.0. The van der Waals surface area contributed by atoms with Crippen LogP contribution in [-0.4, -0.2) is 46.4 Å². The van der Waals surface area contributed by atoms with Gasteiger partial charge in [-0.2, -0.15) is 4.98 Å². The molecule has 2 rings (SSSR count). The summed E-state index contributed by atoms with van der Waals surface area (Å²) >= 11 is 0. The summed E-state index contributed by atoms with van der Waals surface area (Å²) in [5.41, 5.74) is 1.19. The van der Waals surface area contributed by atoms with Crippen molar-refractivity contribution in [3.8, 4) is 0 Å². The minimum absolute atomic E-state index is 0.383. The number of aryl methyl sites for hydroxylation is 1. The molecule has 0 aliphatic carbocycles. The molecule has 0 spiro atoms. The summed E-state index contributed by atoms with van der Waals surface area (Å²) in [5, 5.41) is 3.92. The van der Waals surface area contributed by atoms with Crippen molar-refractivity contribution in [3.63, 3.8) is 0 Å². The standard InChI is InChI=1S/C10H14N4O2/c1-7-8(6-15)14-9(4-5-13(2)3)12-16-10(14)11-7/h6H,4-5H2,1-3H3. The van der Waals surface area contributed by atoms with E-state index in [1.54, 1.807) is 11.3 Å². The molecular weight excluding hydrogens is 208 g/mol. The van der Waals surface area contributed by atoms with Gasteiger partial charge in [0.2, 0.25) is 0 Å². The zero-order valence-electron chi connectivity index (χ0n) is 9.60. The zero-order valence-corrected chi connectivity index (χ0v) is 9.60. The summed E-state index contributed by atoms with van der Waals surface area (Å²) in [6.45, 7) is 2.62. The predicted molar refractivity (Wildman–Crippen MR) is 57.6 cm³/mol. The van der Waals surface area contributed by atoms with Crippen molar-refractivity contribution in [2.45, 2.75) is 13.3 Å². The second-order valence-electron chi connectivity index (χ2n) is 3.97. The van der Waals surface area contributed by atoms with Gasteiger partial charge >= 0.3 is 5.84 Å². The number of carbonyl (C=O) groups is 1. The van der Waals surface area contributed by atoms with Crippen LogP contribution in [0.4, 0.5) is 0 Å². The highest BCUT2D eigenvalue weighted by Crippen LogP contribution is 2.13. The predicted octanol–water partition coefficient (Wildman–Crippen LogP) is 0.547. The van der Waals surface area contributed by atoms with Crippen LogP contribution in [0, 0.1) is 6.92 Å². The number of likely N-dealkylation sites (N-methyl/N-ethyl adjacent to an activating group) is 1. The lowest BCUT2D eigenvalue weighted by atomic mass is 10.3. The van der Waals surface area contributed by atoms with Crippen LogP contribution in [0.5, 0.6) is 0 Å². The van der Waals surface area contributed by atoms with E-state index in [0.717, 1.165) is 25.1 Å².